The highest BCUT2D eigenvalue weighted by atomic mass is 35.5. The second kappa shape index (κ2) is 6.44. The molecule has 2 aromatic carbocycles. The van der Waals surface area contributed by atoms with E-state index in [4.69, 9.17) is 27.9 Å². The number of hydrogen-bond acceptors (Lipinski definition) is 2. The van der Waals surface area contributed by atoms with E-state index in [1.165, 1.54) is 22.3 Å². The van der Waals surface area contributed by atoms with Gasteiger partial charge in [0.15, 0.2) is 0 Å². The van der Waals surface area contributed by atoms with Crippen molar-refractivity contribution >= 4 is 29.2 Å². The lowest BCUT2D eigenvalue weighted by molar-refractivity contribution is -0.147. The molecular formula is C22H20Cl2O2. The summed E-state index contributed by atoms with van der Waals surface area (Å²) in [7, 11) is 0. The topological polar surface area (TPSA) is 26.3 Å². The second-order valence-corrected chi connectivity index (χ2v) is 8.67. The Bertz CT molecular complexity index is 910. The van der Waals surface area contributed by atoms with Crippen molar-refractivity contribution in [2.24, 2.45) is 17.3 Å². The number of benzene rings is 2. The van der Waals surface area contributed by atoms with Crippen LogP contribution < -0.4 is 0 Å². The van der Waals surface area contributed by atoms with E-state index >= 15 is 0 Å². The van der Waals surface area contributed by atoms with Crippen molar-refractivity contribution in [1.29, 1.82) is 0 Å². The molecule has 2 nitrogen and oxygen atoms in total. The van der Waals surface area contributed by atoms with Crippen LogP contribution in [-0.4, -0.2) is 5.97 Å². The van der Waals surface area contributed by atoms with E-state index in [-0.39, 0.29) is 27.7 Å². The van der Waals surface area contributed by atoms with E-state index in [0.717, 1.165) is 12.0 Å². The molecule has 1 saturated carbocycles. The van der Waals surface area contributed by atoms with Crippen molar-refractivity contribution in [2.45, 2.75) is 26.9 Å². The van der Waals surface area contributed by atoms with Crippen molar-refractivity contribution in [3.05, 3.63) is 69.7 Å². The first-order chi connectivity index (χ1) is 12.4. The molecule has 1 fully saturated rings. The van der Waals surface area contributed by atoms with E-state index in [0.29, 0.717) is 6.61 Å². The molecule has 0 amide bonds. The average molecular weight is 387 g/mol. The molecule has 2 aromatic rings. The van der Waals surface area contributed by atoms with Gasteiger partial charge in [-0.05, 0) is 51.6 Å². The van der Waals surface area contributed by atoms with E-state index in [2.05, 4.69) is 30.3 Å². The molecule has 2 aliphatic carbocycles. The minimum absolute atomic E-state index is 0.0331. The Morgan fingerprint density at radius 1 is 1.15 bits per heavy atom. The third-order valence-corrected chi connectivity index (χ3v) is 6.04. The molecule has 0 aliphatic heterocycles. The summed E-state index contributed by atoms with van der Waals surface area (Å²) < 4.78 is 5.87. The van der Waals surface area contributed by atoms with Gasteiger partial charge >= 0.3 is 5.97 Å². The summed E-state index contributed by atoms with van der Waals surface area (Å²) in [5.74, 6) is -0.339. The zero-order valence-corrected chi connectivity index (χ0v) is 16.3. The molecule has 0 saturated heterocycles. The zero-order valence-electron chi connectivity index (χ0n) is 14.8. The lowest BCUT2D eigenvalue weighted by Gasteiger charge is -2.10. The molecule has 0 heterocycles. The fourth-order valence-corrected chi connectivity index (χ4v) is 4.44. The lowest BCUT2D eigenvalue weighted by Crippen LogP contribution is -2.11. The summed E-state index contributed by atoms with van der Waals surface area (Å²) in [4.78, 5) is 12.6. The quantitative estimate of drug-likeness (QED) is 0.522. The third-order valence-electron chi connectivity index (χ3n) is 5.79. The van der Waals surface area contributed by atoms with Crippen molar-refractivity contribution in [2.75, 3.05) is 0 Å². The summed E-state index contributed by atoms with van der Waals surface area (Å²) in [6.07, 6.45) is 2.63. The number of carbonyl (C=O) groups is 1. The van der Waals surface area contributed by atoms with Crippen LogP contribution in [0.3, 0.4) is 0 Å². The Morgan fingerprint density at radius 3 is 2.65 bits per heavy atom. The number of halogens is 2. The summed E-state index contributed by atoms with van der Waals surface area (Å²) in [5, 5.41) is 0. The van der Waals surface area contributed by atoms with Crippen molar-refractivity contribution in [3.63, 3.8) is 0 Å². The summed E-state index contributed by atoms with van der Waals surface area (Å²) in [6.45, 7) is 4.37. The van der Waals surface area contributed by atoms with Crippen LogP contribution in [0.1, 0.15) is 30.5 Å². The highest BCUT2D eigenvalue weighted by Crippen LogP contribution is 2.60. The largest absolute Gasteiger partial charge is 0.461 e. The highest BCUT2D eigenvalue weighted by Gasteiger charge is 2.61. The highest BCUT2D eigenvalue weighted by molar-refractivity contribution is 6.55. The van der Waals surface area contributed by atoms with Crippen molar-refractivity contribution < 1.29 is 9.53 Å². The maximum absolute atomic E-state index is 12.6. The molecule has 4 heteroatoms. The van der Waals surface area contributed by atoms with Gasteiger partial charge in [-0.3, -0.25) is 4.79 Å². The van der Waals surface area contributed by atoms with Crippen molar-refractivity contribution in [1.82, 2.24) is 0 Å². The minimum Gasteiger partial charge on any atom is -0.461 e. The van der Waals surface area contributed by atoms with Crippen LogP contribution in [0.15, 0.2) is 53.0 Å². The summed E-state index contributed by atoms with van der Waals surface area (Å²) >= 11 is 11.5. The lowest BCUT2D eigenvalue weighted by atomic mass is 10.0. The van der Waals surface area contributed by atoms with E-state index < -0.39 is 0 Å². The average Bonchev–Trinajstić information content (AvgIpc) is 2.96. The van der Waals surface area contributed by atoms with Crippen LogP contribution in [0.2, 0.25) is 0 Å². The number of esters is 1. The predicted octanol–water partition coefficient (Wildman–Crippen LogP) is 5.89. The zero-order chi connectivity index (χ0) is 18.5. The first kappa shape index (κ1) is 17.6. The Hall–Kier alpha value is -1.77. The number of hydrogen-bond donors (Lipinski definition) is 0. The number of ether oxygens (including phenoxy) is 1. The number of carbonyl (C=O) groups excluding carboxylic acids is 1. The Labute approximate surface area is 163 Å². The molecule has 0 radical (unpaired) electrons. The molecule has 2 atom stereocenters. The van der Waals surface area contributed by atoms with Gasteiger partial charge in [0.2, 0.25) is 0 Å². The summed E-state index contributed by atoms with van der Waals surface area (Å²) in [6, 6.07) is 14.6. The predicted molar refractivity (Wildman–Crippen MR) is 105 cm³/mol. The smallest absolute Gasteiger partial charge is 0.310 e. The van der Waals surface area contributed by atoms with Gasteiger partial charge in [-0.25, -0.2) is 0 Å². The normalized spacial score (nSPS) is 21.5. The maximum Gasteiger partial charge on any atom is 0.310 e. The minimum atomic E-state index is -0.191. The SMILES string of the molecule is CC1(C)C(C=C(Cl)Cl)C1C(=O)OCc1cccc2c1Cc1ccccc1-2. The van der Waals surface area contributed by atoms with Crippen LogP contribution in [0.4, 0.5) is 0 Å². The third kappa shape index (κ3) is 2.95. The van der Waals surface area contributed by atoms with E-state index in [1.807, 2.05) is 26.0 Å². The Morgan fingerprint density at radius 2 is 1.88 bits per heavy atom. The van der Waals surface area contributed by atoms with Crippen LogP contribution in [0.25, 0.3) is 11.1 Å². The maximum atomic E-state index is 12.6. The standard InChI is InChI=1S/C22H20Cl2O2/c1-22(2)18(11-19(23)24)20(22)21(25)26-12-14-7-5-9-16-15-8-4-3-6-13(15)10-17(14)16/h3-9,11,18,20H,10,12H2,1-2H3. The molecule has 134 valence electrons. The molecule has 0 bridgehead atoms. The van der Waals surface area contributed by atoms with Gasteiger partial charge in [0.05, 0.1) is 5.92 Å². The van der Waals surface area contributed by atoms with Gasteiger partial charge in [0.1, 0.15) is 11.1 Å². The summed E-state index contributed by atoms with van der Waals surface area (Å²) in [5.41, 5.74) is 6.02. The van der Waals surface area contributed by atoms with E-state index in [9.17, 15) is 4.79 Å². The van der Waals surface area contributed by atoms with Gasteiger partial charge in [0.25, 0.3) is 0 Å². The molecular weight excluding hydrogens is 367 g/mol. The monoisotopic (exact) mass is 386 g/mol. The molecule has 0 N–H and O–H groups in total. The van der Waals surface area contributed by atoms with Crippen LogP contribution in [0.5, 0.6) is 0 Å². The number of rotatable bonds is 4. The second-order valence-electron chi connectivity index (χ2n) is 7.67. The van der Waals surface area contributed by atoms with Crippen LogP contribution in [0, 0.1) is 17.3 Å². The van der Waals surface area contributed by atoms with Gasteiger partial charge in [0, 0.05) is 0 Å². The Kier molecular flexibility index (Phi) is 4.37. The van der Waals surface area contributed by atoms with Gasteiger partial charge in [-0.15, -0.1) is 0 Å². The van der Waals surface area contributed by atoms with Crippen molar-refractivity contribution in [3.8, 4) is 11.1 Å². The van der Waals surface area contributed by atoms with E-state index in [1.54, 1.807) is 6.08 Å². The van der Waals surface area contributed by atoms with Gasteiger partial charge < -0.3 is 4.74 Å². The molecule has 2 unspecified atom stereocenters. The first-order valence-electron chi connectivity index (χ1n) is 8.78. The van der Waals surface area contributed by atoms with Crippen LogP contribution >= 0.6 is 23.2 Å². The number of allylic oxidation sites excluding steroid dienone is 1. The molecule has 2 aliphatic rings. The molecule has 26 heavy (non-hydrogen) atoms. The number of fused-ring (bicyclic) bond motifs is 3. The molecule has 0 spiro atoms. The molecule has 0 aromatic heterocycles. The van der Waals surface area contributed by atoms with Crippen LogP contribution in [-0.2, 0) is 22.6 Å². The molecule has 4 rings (SSSR count). The first-order valence-corrected chi connectivity index (χ1v) is 9.53. The van der Waals surface area contributed by atoms with Gasteiger partial charge in [-0.2, -0.15) is 0 Å². The fraction of sp³-hybridized carbons (Fsp3) is 0.318. The fourth-order valence-electron chi connectivity index (χ4n) is 4.17. The van der Waals surface area contributed by atoms with Gasteiger partial charge in [-0.1, -0.05) is 79.5 Å². The Balaban J connectivity index is 1.49.